The SMILES string of the molecule is CC1CC(C)CN(S(=O)(=O)c2ccc3[nH]c(C(=O)O)cc3c2)C1. The fraction of sp³-hybridized carbons (Fsp3) is 0.438. The van der Waals surface area contributed by atoms with Crippen molar-refractivity contribution in [1.29, 1.82) is 0 Å². The predicted molar refractivity (Wildman–Crippen MR) is 87.0 cm³/mol. The van der Waals surface area contributed by atoms with Gasteiger partial charge in [0.05, 0.1) is 4.90 Å². The maximum Gasteiger partial charge on any atom is 0.352 e. The summed E-state index contributed by atoms with van der Waals surface area (Å²) in [6.45, 7) is 5.18. The van der Waals surface area contributed by atoms with Crippen molar-refractivity contribution >= 4 is 26.9 Å². The summed E-state index contributed by atoms with van der Waals surface area (Å²) in [5.74, 6) is -0.393. The Labute approximate surface area is 135 Å². The molecule has 1 saturated heterocycles. The van der Waals surface area contributed by atoms with Crippen LogP contribution < -0.4 is 0 Å². The van der Waals surface area contributed by atoms with Crippen LogP contribution in [0.5, 0.6) is 0 Å². The standard InChI is InChI=1S/C16H20N2O4S/c1-10-5-11(2)9-18(8-10)23(21,22)13-3-4-14-12(6-13)7-15(17-14)16(19)20/h3-4,6-7,10-11,17H,5,8-9H2,1-2H3,(H,19,20). The molecule has 0 radical (unpaired) electrons. The molecule has 1 aliphatic heterocycles. The number of H-pyrrole nitrogens is 1. The lowest BCUT2D eigenvalue weighted by Crippen LogP contribution is -2.42. The minimum Gasteiger partial charge on any atom is -0.477 e. The van der Waals surface area contributed by atoms with Gasteiger partial charge >= 0.3 is 5.97 Å². The van der Waals surface area contributed by atoms with Gasteiger partial charge in [-0.05, 0) is 42.5 Å². The Bertz CT molecular complexity index is 846. The summed E-state index contributed by atoms with van der Waals surface area (Å²) < 4.78 is 27.3. The van der Waals surface area contributed by atoms with Crippen LogP contribution in [-0.4, -0.2) is 41.9 Å². The third-order valence-corrected chi connectivity index (χ3v) is 6.12. The van der Waals surface area contributed by atoms with Crippen molar-refractivity contribution in [2.75, 3.05) is 13.1 Å². The molecular weight excluding hydrogens is 316 g/mol. The molecule has 3 rings (SSSR count). The van der Waals surface area contributed by atoms with E-state index < -0.39 is 16.0 Å². The summed E-state index contributed by atoms with van der Waals surface area (Å²) in [5, 5.41) is 9.60. The topological polar surface area (TPSA) is 90.5 Å². The van der Waals surface area contributed by atoms with E-state index in [1.165, 1.54) is 22.5 Å². The highest BCUT2D eigenvalue weighted by Gasteiger charge is 2.31. The molecule has 1 aliphatic rings. The van der Waals surface area contributed by atoms with Gasteiger partial charge < -0.3 is 10.1 Å². The number of fused-ring (bicyclic) bond motifs is 1. The molecule has 1 aromatic heterocycles. The number of rotatable bonds is 3. The number of carboxylic acid groups (broad SMARTS) is 1. The number of piperidine rings is 1. The summed E-state index contributed by atoms with van der Waals surface area (Å²) in [4.78, 5) is 14.0. The molecule has 6 nitrogen and oxygen atoms in total. The first kappa shape index (κ1) is 16.0. The summed E-state index contributed by atoms with van der Waals surface area (Å²) in [6, 6.07) is 6.14. The summed E-state index contributed by atoms with van der Waals surface area (Å²) in [7, 11) is -3.56. The molecule has 124 valence electrons. The number of hydrogen-bond donors (Lipinski definition) is 2. The number of benzene rings is 1. The van der Waals surface area contributed by atoms with Gasteiger partial charge in [-0.1, -0.05) is 13.8 Å². The largest absolute Gasteiger partial charge is 0.477 e. The Morgan fingerprint density at radius 1 is 1.22 bits per heavy atom. The molecule has 2 heterocycles. The summed E-state index contributed by atoms with van der Waals surface area (Å²) in [5.41, 5.74) is 0.663. The number of aromatic carboxylic acids is 1. The predicted octanol–water partition coefficient (Wildman–Crippen LogP) is 2.53. The quantitative estimate of drug-likeness (QED) is 0.901. The number of carboxylic acids is 1. The van der Waals surface area contributed by atoms with Crippen LogP contribution in [0, 0.1) is 11.8 Å². The molecular formula is C16H20N2O4S. The molecule has 2 unspecified atom stereocenters. The second kappa shape index (κ2) is 5.65. The highest BCUT2D eigenvalue weighted by molar-refractivity contribution is 7.89. The fourth-order valence-electron chi connectivity index (χ4n) is 3.34. The van der Waals surface area contributed by atoms with Crippen molar-refractivity contribution in [3.63, 3.8) is 0 Å². The number of sulfonamides is 1. The van der Waals surface area contributed by atoms with E-state index in [-0.39, 0.29) is 10.6 Å². The van der Waals surface area contributed by atoms with Gasteiger partial charge in [-0.25, -0.2) is 13.2 Å². The van der Waals surface area contributed by atoms with Crippen LogP contribution in [0.2, 0.25) is 0 Å². The number of nitrogens with one attached hydrogen (secondary N) is 1. The van der Waals surface area contributed by atoms with Crippen molar-refractivity contribution in [3.8, 4) is 0 Å². The molecule has 7 heteroatoms. The molecule has 0 amide bonds. The number of nitrogens with zero attached hydrogens (tertiary/aromatic N) is 1. The van der Waals surface area contributed by atoms with Gasteiger partial charge in [-0.3, -0.25) is 0 Å². The van der Waals surface area contributed by atoms with E-state index in [0.29, 0.717) is 35.8 Å². The van der Waals surface area contributed by atoms with Crippen LogP contribution in [0.3, 0.4) is 0 Å². The number of hydrogen-bond acceptors (Lipinski definition) is 3. The first-order valence-corrected chi connectivity index (χ1v) is 9.07. The molecule has 23 heavy (non-hydrogen) atoms. The highest BCUT2D eigenvalue weighted by atomic mass is 32.2. The van der Waals surface area contributed by atoms with Crippen molar-refractivity contribution < 1.29 is 18.3 Å². The number of aromatic nitrogens is 1. The van der Waals surface area contributed by atoms with Gasteiger partial charge in [0.25, 0.3) is 0 Å². The zero-order valence-corrected chi connectivity index (χ0v) is 13.9. The summed E-state index contributed by atoms with van der Waals surface area (Å²) >= 11 is 0. The maximum atomic E-state index is 12.9. The average Bonchev–Trinajstić information content (AvgIpc) is 2.89. The molecule has 1 aromatic carbocycles. The monoisotopic (exact) mass is 336 g/mol. The van der Waals surface area contributed by atoms with Gasteiger partial charge in [0.15, 0.2) is 0 Å². The van der Waals surface area contributed by atoms with Gasteiger partial charge in [0.1, 0.15) is 5.69 Å². The zero-order chi connectivity index (χ0) is 16.8. The van der Waals surface area contributed by atoms with Crippen LogP contribution >= 0.6 is 0 Å². The van der Waals surface area contributed by atoms with Gasteiger partial charge in [0.2, 0.25) is 10.0 Å². The molecule has 1 fully saturated rings. The van der Waals surface area contributed by atoms with E-state index in [1.807, 2.05) is 0 Å². The van der Waals surface area contributed by atoms with Gasteiger partial charge in [-0.15, -0.1) is 0 Å². The van der Waals surface area contributed by atoms with E-state index in [4.69, 9.17) is 5.11 Å². The summed E-state index contributed by atoms with van der Waals surface area (Å²) in [6.07, 6.45) is 1.03. The molecule has 0 saturated carbocycles. The lowest BCUT2D eigenvalue weighted by molar-refractivity contribution is 0.0691. The van der Waals surface area contributed by atoms with E-state index in [9.17, 15) is 13.2 Å². The highest BCUT2D eigenvalue weighted by Crippen LogP contribution is 2.28. The van der Waals surface area contributed by atoms with Crippen molar-refractivity contribution in [1.82, 2.24) is 9.29 Å². The van der Waals surface area contributed by atoms with Gasteiger partial charge in [0, 0.05) is 24.0 Å². The average molecular weight is 336 g/mol. The third kappa shape index (κ3) is 2.98. The number of carbonyl (C=O) groups is 1. The Morgan fingerprint density at radius 3 is 2.48 bits per heavy atom. The van der Waals surface area contributed by atoms with Crippen LogP contribution in [0.4, 0.5) is 0 Å². The first-order valence-electron chi connectivity index (χ1n) is 7.63. The lowest BCUT2D eigenvalue weighted by Gasteiger charge is -2.34. The molecule has 0 spiro atoms. The van der Waals surface area contributed by atoms with Crippen molar-refractivity contribution in [2.45, 2.75) is 25.2 Å². The zero-order valence-electron chi connectivity index (χ0n) is 13.1. The minimum absolute atomic E-state index is 0.0507. The van der Waals surface area contributed by atoms with E-state index in [0.717, 1.165) is 6.42 Å². The van der Waals surface area contributed by atoms with E-state index in [1.54, 1.807) is 6.07 Å². The molecule has 2 atom stereocenters. The Kier molecular flexibility index (Phi) is 3.93. The molecule has 2 aromatic rings. The smallest absolute Gasteiger partial charge is 0.352 e. The minimum atomic E-state index is -3.56. The van der Waals surface area contributed by atoms with Crippen molar-refractivity contribution in [3.05, 3.63) is 30.0 Å². The molecule has 0 bridgehead atoms. The Hall–Kier alpha value is -1.86. The van der Waals surface area contributed by atoms with Gasteiger partial charge in [-0.2, -0.15) is 4.31 Å². The Balaban J connectivity index is 1.99. The van der Waals surface area contributed by atoms with Crippen LogP contribution in [0.15, 0.2) is 29.2 Å². The number of aromatic amines is 1. The normalized spacial score (nSPS) is 23.2. The maximum absolute atomic E-state index is 12.9. The lowest BCUT2D eigenvalue weighted by atomic mass is 9.94. The van der Waals surface area contributed by atoms with E-state index in [2.05, 4.69) is 18.8 Å². The van der Waals surface area contributed by atoms with Crippen LogP contribution in [0.25, 0.3) is 10.9 Å². The molecule has 2 N–H and O–H groups in total. The second-order valence-corrected chi connectivity index (χ2v) is 8.44. The second-order valence-electron chi connectivity index (χ2n) is 6.51. The van der Waals surface area contributed by atoms with Crippen LogP contribution in [0.1, 0.15) is 30.8 Å². The Morgan fingerprint density at radius 2 is 1.87 bits per heavy atom. The fourth-order valence-corrected chi connectivity index (χ4v) is 5.05. The molecule has 0 aliphatic carbocycles. The van der Waals surface area contributed by atoms with Crippen LogP contribution in [-0.2, 0) is 10.0 Å². The third-order valence-electron chi connectivity index (χ3n) is 4.30. The van der Waals surface area contributed by atoms with E-state index >= 15 is 0 Å². The first-order chi connectivity index (χ1) is 10.8. The van der Waals surface area contributed by atoms with Crippen molar-refractivity contribution in [2.24, 2.45) is 11.8 Å².